The quantitative estimate of drug-likeness (QED) is 0.829. The molecular weight excluding hydrogens is 372 g/mol. The van der Waals surface area contributed by atoms with Gasteiger partial charge in [0, 0.05) is 28.1 Å². The summed E-state index contributed by atoms with van der Waals surface area (Å²) in [5.74, 6) is 1.92. The first kappa shape index (κ1) is 17.1. The predicted octanol–water partition coefficient (Wildman–Crippen LogP) is 3.07. The SMILES string of the molecule is Cl.O=C(NCC1(c2ccc(Br)cc2)CCC1)C1CSCN1. The van der Waals surface area contributed by atoms with Crippen LogP contribution in [0.5, 0.6) is 0 Å². The number of nitrogens with one attached hydrogen (secondary N) is 2. The number of rotatable bonds is 4. The molecule has 21 heavy (non-hydrogen) atoms. The van der Waals surface area contributed by atoms with E-state index in [1.807, 2.05) is 0 Å². The summed E-state index contributed by atoms with van der Waals surface area (Å²) < 4.78 is 1.10. The lowest BCUT2D eigenvalue weighted by atomic mass is 9.64. The number of halogens is 2. The lowest BCUT2D eigenvalue weighted by molar-refractivity contribution is -0.122. The van der Waals surface area contributed by atoms with E-state index in [1.165, 1.54) is 24.8 Å². The summed E-state index contributed by atoms with van der Waals surface area (Å²) in [6, 6.07) is 8.53. The van der Waals surface area contributed by atoms with E-state index in [0.29, 0.717) is 0 Å². The molecule has 1 unspecified atom stereocenters. The molecule has 0 bridgehead atoms. The molecule has 1 atom stereocenters. The van der Waals surface area contributed by atoms with Crippen molar-refractivity contribution in [3.8, 4) is 0 Å². The summed E-state index contributed by atoms with van der Waals surface area (Å²) in [5, 5.41) is 6.37. The summed E-state index contributed by atoms with van der Waals surface area (Å²) >= 11 is 5.26. The number of amides is 1. The summed E-state index contributed by atoms with van der Waals surface area (Å²) in [6.07, 6.45) is 3.59. The zero-order valence-corrected chi connectivity index (χ0v) is 15.0. The fraction of sp³-hybridized carbons (Fsp3) is 0.533. The van der Waals surface area contributed by atoms with Gasteiger partial charge in [0.2, 0.25) is 5.91 Å². The van der Waals surface area contributed by atoms with E-state index in [4.69, 9.17) is 0 Å². The first-order chi connectivity index (χ1) is 9.70. The van der Waals surface area contributed by atoms with Crippen LogP contribution in [0, 0.1) is 0 Å². The van der Waals surface area contributed by atoms with E-state index in [1.54, 1.807) is 11.8 Å². The van der Waals surface area contributed by atoms with Gasteiger partial charge in [-0.3, -0.25) is 10.1 Å². The first-order valence-electron chi connectivity index (χ1n) is 7.05. The molecule has 1 aliphatic carbocycles. The molecular formula is C15H20BrClN2OS. The molecule has 1 saturated carbocycles. The van der Waals surface area contributed by atoms with E-state index in [-0.39, 0.29) is 29.8 Å². The Morgan fingerprint density at radius 3 is 2.62 bits per heavy atom. The highest BCUT2D eigenvalue weighted by Gasteiger charge is 2.39. The summed E-state index contributed by atoms with van der Waals surface area (Å²) in [6.45, 7) is 0.760. The van der Waals surface area contributed by atoms with Crippen LogP contribution in [0.3, 0.4) is 0 Å². The molecule has 1 heterocycles. The van der Waals surface area contributed by atoms with Crippen molar-refractivity contribution in [1.82, 2.24) is 10.6 Å². The molecule has 2 N–H and O–H groups in total. The second-order valence-electron chi connectivity index (χ2n) is 5.63. The maximum atomic E-state index is 12.1. The second-order valence-corrected chi connectivity index (χ2v) is 7.58. The van der Waals surface area contributed by atoms with Gasteiger partial charge in [-0.25, -0.2) is 0 Å². The molecule has 3 nitrogen and oxygen atoms in total. The van der Waals surface area contributed by atoms with Crippen LogP contribution in [0.15, 0.2) is 28.7 Å². The van der Waals surface area contributed by atoms with Crippen LogP contribution in [-0.4, -0.2) is 30.1 Å². The maximum Gasteiger partial charge on any atom is 0.238 e. The van der Waals surface area contributed by atoms with Crippen molar-refractivity contribution in [2.75, 3.05) is 18.2 Å². The average Bonchev–Trinajstić information content (AvgIpc) is 2.93. The Kier molecular flexibility index (Phi) is 6.00. The molecule has 3 rings (SSSR count). The standard InChI is InChI=1S/C15H19BrN2OS.ClH/c16-12-4-2-11(3-5-12)15(6-1-7-15)9-17-14(19)13-8-20-10-18-13;/h2-5,13,18H,1,6-10H2,(H,17,19);1H. The average molecular weight is 392 g/mol. The van der Waals surface area contributed by atoms with Crippen LogP contribution in [-0.2, 0) is 10.2 Å². The third kappa shape index (κ3) is 3.76. The summed E-state index contributed by atoms with van der Waals surface area (Å²) in [7, 11) is 0. The monoisotopic (exact) mass is 390 g/mol. The Morgan fingerprint density at radius 1 is 1.38 bits per heavy atom. The molecule has 1 amide bonds. The van der Waals surface area contributed by atoms with Gasteiger partial charge in [-0.2, -0.15) is 0 Å². The Hall–Kier alpha value is -0.230. The van der Waals surface area contributed by atoms with Gasteiger partial charge in [0.25, 0.3) is 0 Å². The van der Waals surface area contributed by atoms with Crippen molar-refractivity contribution >= 4 is 46.0 Å². The van der Waals surface area contributed by atoms with Crippen molar-refractivity contribution in [3.05, 3.63) is 34.3 Å². The topological polar surface area (TPSA) is 41.1 Å². The minimum Gasteiger partial charge on any atom is -0.354 e. The number of thioether (sulfide) groups is 1. The minimum absolute atomic E-state index is 0. The molecule has 1 aromatic rings. The lowest BCUT2D eigenvalue weighted by Gasteiger charge is -2.42. The summed E-state index contributed by atoms with van der Waals surface area (Å²) in [4.78, 5) is 12.1. The molecule has 2 aliphatic rings. The van der Waals surface area contributed by atoms with Crippen molar-refractivity contribution in [2.24, 2.45) is 0 Å². The second kappa shape index (κ2) is 7.36. The highest BCUT2D eigenvalue weighted by atomic mass is 79.9. The zero-order chi connectivity index (χ0) is 14.0. The minimum atomic E-state index is -0.0120. The van der Waals surface area contributed by atoms with Gasteiger partial charge in [0.15, 0.2) is 0 Å². The number of carbonyl (C=O) groups excluding carboxylic acids is 1. The lowest BCUT2D eigenvalue weighted by Crippen LogP contribution is -2.50. The first-order valence-corrected chi connectivity index (χ1v) is 8.99. The third-order valence-corrected chi connectivity index (χ3v) is 5.87. The maximum absolute atomic E-state index is 12.1. The fourth-order valence-electron chi connectivity index (χ4n) is 2.92. The van der Waals surface area contributed by atoms with Crippen LogP contribution in [0.4, 0.5) is 0 Å². The smallest absolute Gasteiger partial charge is 0.238 e. The van der Waals surface area contributed by atoms with Crippen molar-refractivity contribution in [2.45, 2.75) is 30.7 Å². The molecule has 0 radical (unpaired) electrons. The van der Waals surface area contributed by atoms with Crippen LogP contribution in [0.2, 0.25) is 0 Å². The number of benzene rings is 1. The van der Waals surface area contributed by atoms with Gasteiger partial charge >= 0.3 is 0 Å². The fourth-order valence-corrected chi connectivity index (χ4v) is 4.12. The van der Waals surface area contributed by atoms with E-state index < -0.39 is 0 Å². The number of hydrogen-bond donors (Lipinski definition) is 2. The van der Waals surface area contributed by atoms with Crippen molar-refractivity contribution in [1.29, 1.82) is 0 Å². The molecule has 0 aromatic heterocycles. The van der Waals surface area contributed by atoms with Gasteiger partial charge in [-0.05, 0) is 30.5 Å². The van der Waals surface area contributed by atoms with Crippen molar-refractivity contribution < 1.29 is 4.79 Å². The molecule has 1 aromatic carbocycles. The Morgan fingerprint density at radius 2 is 2.10 bits per heavy atom. The van der Waals surface area contributed by atoms with Crippen LogP contribution in [0.25, 0.3) is 0 Å². The van der Waals surface area contributed by atoms with Gasteiger partial charge in [0.1, 0.15) is 0 Å². The van der Waals surface area contributed by atoms with Crippen LogP contribution in [0.1, 0.15) is 24.8 Å². The van der Waals surface area contributed by atoms with E-state index in [2.05, 4.69) is 50.8 Å². The Bertz CT molecular complexity index is 487. The van der Waals surface area contributed by atoms with Gasteiger partial charge in [0.05, 0.1) is 6.04 Å². The Balaban J connectivity index is 0.00000161. The van der Waals surface area contributed by atoms with E-state index >= 15 is 0 Å². The van der Waals surface area contributed by atoms with Crippen LogP contribution >= 0.6 is 40.1 Å². The van der Waals surface area contributed by atoms with Gasteiger partial charge in [-0.1, -0.05) is 34.5 Å². The molecule has 2 fully saturated rings. The highest BCUT2D eigenvalue weighted by molar-refractivity contribution is 9.10. The number of carbonyl (C=O) groups is 1. The molecule has 1 aliphatic heterocycles. The zero-order valence-electron chi connectivity index (χ0n) is 11.7. The van der Waals surface area contributed by atoms with E-state index in [0.717, 1.165) is 22.6 Å². The highest BCUT2D eigenvalue weighted by Crippen LogP contribution is 2.43. The Labute approximate surface area is 144 Å². The summed E-state index contributed by atoms with van der Waals surface area (Å²) in [5.41, 5.74) is 1.50. The van der Waals surface area contributed by atoms with Gasteiger partial charge in [-0.15, -0.1) is 24.2 Å². The molecule has 116 valence electrons. The predicted molar refractivity (Wildman–Crippen MR) is 94.2 cm³/mol. The van der Waals surface area contributed by atoms with Gasteiger partial charge < -0.3 is 5.32 Å². The molecule has 0 spiro atoms. The van der Waals surface area contributed by atoms with E-state index in [9.17, 15) is 4.79 Å². The van der Waals surface area contributed by atoms with Crippen molar-refractivity contribution in [3.63, 3.8) is 0 Å². The third-order valence-electron chi connectivity index (χ3n) is 4.40. The van der Waals surface area contributed by atoms with Crippen LogP contribution < -0.4 is 10.6 Å². The molecule has 6 heteroatoms. The largest absolute Gasteiger partial charge is 0.354 e. The number of hydrogen-bond acceptors (Lipinski definition) is 3. The normalized spacial score (nSPS) is 23.0. The molecule has 1 saturated heterocycles.